The molecule has 0 saturated carbocycles. The smallest absolute Gasteiger partial charge is 0.407 e. The van der Waals surface area contributed by atoms with Crippen LogP contribution in [0.2, 0.25) is 0 Å². The molecule has 31 heavy (non-hydrogen) atoms. The molecule has 11 heteroatoms. The summed E-state index contributed by atoms with van der Waals surface area (Å²) in [6.07, 6.45) is 1.43. The van der Waals surface area contributed by atoms with Gasteiger partial charge >= 0.3 is 16.5 Å². The molecule has 1 aromatic carbocycles. The topological polar surface area (TPSA) is 145 Å². The minimum absolute atomic E-state index is 0.135. The zero-order chi connectivity index (χ0) is 23.9. The molecule has 0 heterocycles. The number of nitro groups is 1. The monoisotopic (exact) mass is 460 g/mol. The molecule has 1 atom stereocenters. The molecular weight excluding hydrogens is 428 g/mol. The second-order valence-corrected chi connectivity index (χ2v) is 9.42. The van der Waals surface area contributed by atoms with Crippen LogP contribution in [0.4, 0.5) is 10.5 Å². The molecule has 0 aliphatic rings. The molecule has 0 aromatic heterocycles. The van der Waals surface area contributed by atoms with E-state index in [1.54, 1.807) is 27.7 Å². The summed E-state index contributed by atoms with van der Waals surface area (Å²) in [4.78, 5) is 22.4. The Hall–Kier alpha value is -2.24. The van der Waals surface area contributed by atoms with Crippen molar-refractivity contribution in [2.75, 3.05) is 6.54 Å². The maximum Gasteiger partial charge on any atom is 0.407 e. The van der Waals surface area contributed by atoms with Gasteiger partial charge in [-0.1, -0.05) is 19.8 Å². The first-order valence-electron chi connectivity index (χ1n) is 10.1. The number of carbonyl (C=O) groups is 1. The number of non-ortho nitro benzene ring substituents is 1. The fraction of sp³-hybridized carbons (Fsp3) is 0.650. The Morgan fingerprint density at radius 2 is 1.84 bits per heavy atom. The zero-order valence-corrected chi connectivity index (χ0v) is 19.5. The number of benzene rings is 1. The standard InChI is InChI=1S/C20H32N2O8S/c1-6-7-11-20(30-31(26,27)28,12-8-13-21-18(23)29-19(3,4)5)17-10-9-16(22(24)25)14-15(17)2/h9-10,14H,6-8,11-13H2,1-5H3,(H,21,23)(H,26,27,28). The van der Waals surface area contributed by atoms with Crippen molar-refractivity contribution >= 4 is 22.2 Å². The average Bonchev–Trinajstić information content (AvgIpc) is 2.60. The van der Waals surface area contributed by atoms with E-state index in [9.17, 15) is 27.9 Å². The molecule has 1 amide bonds. The van der Waals surface area contributed by atoms with Crippen LogP contribution in [-0.2, 0) is 24.9 Å². The van der Waals surface area contributed by atoms with Gasteiger partial charge in [-0.2, -0.15) is 8.42 Å². The van der Waals surface area contributed by atoms with Crippen LogP contribution >= 0.6 is 0 Å². The summed E-state index contributed by atoms with van der Waals surface area (Å²) in [7, 11) is -4.83. The fourth-order valence-electron chi connectivity index (χ4n) is 3.34. The van der Waals surface area contributed by atoms with Crippen LogP contribution in [0.5, 0.6) is 0 Å². The molecule has 176 valence electrons. The number of nitro benzene ring substituents is 1. The molecule has 0 radical (unpaired) electrons. The summed E-state index contributed by atoms with van der Waals surface area (Å²) in [5.41, 5.74) is -1.32. The van der Waals surface area contributed by atoms with Crippen LogP contribution in [0.1, 0.15) is 70.9 Å². The van der Waals surface area contributed by atoms with E-state index in [4.69, 9.17) is 8.92 Å². The number of aryl methyl sites for hydroxylation is 1. The Labute approximate surface area is 183 Å². The Bertz CT molecular complexity index is 880. The van der Waals surface area contributed by atoms with Gasteiger partial charge in [0, 0.05) is 18.7 Å². The van der Waals surface area contributed by atoms with Crippen molar-refractivity contribution in [3.05, 3.63) is 39.4 Å². The molecule has 0 fully saturated rings. The SMILES string of the molecule is CCCCC(CCCNC(=O)OC(C)(C)C)(OS(=O)(=O)O)c1ccc([N+](=O)[O-])cc1C. The minimum Gasteiger partial charge on any atom is -0.444 e. The Morgan fingerprint density at radius 3 is 2.32 bits per heavy atom. The van der Waals surface area contributed by atoms with Crippen LogP contribution < -0.4 is 5.32 Å². The van der Waals surface area contributed by atoms with Gasteiger partial charge in [-0.3, -0.25) is 14.7 Å². The highest BCUT2D eigenvalue weighted by Crippen LogP contribution is 2.40. The van der Waals surface area contributed by atoms with E-state index < -0.39 is 32.6 Å². The maximum absolute atomic E-state index is 11.8. The van der Waals surface area contributed by atoms with E-state index in [1.165, 1.54) is 18.2 Å². The second-order valence-electron chi connectivity index (χ2n) is 8.40. The summed E-state index contributed by atoms with van der Waals surface area (Å²) in [6.45, 7) is 8.93. The van der Waals surface area contributed by atoms with Gasteiger partial charge in [0.05, 0.1) is 4.92 Å². The Morgan fingerprint density at radius 1 is 1.23 bits per heavy atom. The number of amides is 1. The number of unbranched alkanes of at least 4 members (excludes halogenated alkanes) is 1. The van der Waals surface area contributed by atoms with Crippen LogP contribution in [0.25, 0.3) is 0 Å². The van der Waals surface area contributed by atoms with Crippen molar-refractivity contribution in [2.45, 2.75) is 77.9 Å². The summed E-state index contributed by atoms with van der Waals surface area (Å²) < 4.78 is 43.2. The predicted molar refractivity (Wildman–Crippen MR) is 115 cm³/mol. The molecule has 0 aliphatic heterocycles. The molecule has 0 bridgehead atoms. The molecule has 0 spiro atoms. The Kier molecular flexibility index (Phi) is 9.40. The van der Waals surface area contributed by atoms with Crippen molar-refractivity contribution in [3.8, 4) is 0 Å². The number of nitrogens with zero attached hydrogens (tertiary/aromatic N) is 1. The zero-order valence-electron chi connectivity index (χ0n) is 18.6. The third-order valence-corrected chi connectivity index (χ3v) is 5.07. The van der Waals surface area contributed by atoms with Crippen LogP contribution in [0, 0.1) is 17.0 Å². The third kappa shape index (κ3) is 9.19. The first-order chi connectivity index (χ1) is 14.2. The summed E-state index contributed by atoms with van der Waals surface area (Å²) >= 11 is 0. The molecule has 1 unspecified atom stereocenters. The number of carbonyl (C=O) groups excluding carboxylic acids is 1. The number of rotatable bonds is 11. The highest BCUT2D eigenvalue weighted by molar-refractivity contribution is 7.80. The highest BCUT2D eigenvalue weighted by Gasteiger charge is 2.38. The van der Waals surface area contributed by atoms with E-state index in [0.717, 1.165) is 6.42 Å². The van der Waals surface area contributed by atoms with Gasteiger partial charge in [-0.05, 0) is 64.2 Å². The lowest BCUT2D eigenvalue weighted by molar-refractivity contribution is -0.384. The molecule has 1 aromatic rings. The molecule has 2 N–H and O–H groups in total. The molecule has 10 nitrogen and oxygen atoms in total. The molecular formula is C20H32N2O8S. The largest absolute Gasteiger partial charge is 0.444 e. The van der Waals surface area contributed by atoms with Gasteiger partial charge in [0.1, 0.15) is 11.2 Å². The molecule has 0 saturated heterocycles. The normalized spacial score (nSPS) is 14.0. The van der Waals surface area contributed by atoms with Crippen molar-refractivity contribution in [1.29, 1.82) is 0 Å². The number of ether oxygens (including phenoxy) is 1. The summed E-state index contributed by atoms with van der Waals surface area (Å²) in [6, 6.07) is 4.06. The van der Waals surface area contributed by atoms with E-state index >= 15 is 0 Å². The van der Waals surface area contributed by atoms with Gasteiger partial charge in [0.2, 0.25) is 0 Å². The summed E-state index contributed by atoms with van der Waals surface area (Å²) in [5, 5.41) is 13.7. The van der Waals surface area contributed by atoms with E-state index in [2.05, 4.69) is 5.32 Å². The van der Waals surface area contributed by atoms with Crippen molar-refractivity contribution in [2.24, 2.45) is 0 Å². The van der Waals surface area contributed by atoms with Gasteiger partial charge in [0.25, 0.3) is 5.69 Å². The van der Waals surface area contributed by atoms with E-state index in [1.807, 2.05) is 6.92 Å². The third-order valence-electron chi connectivity index (χ3n) is 4.54. The van der Waals surface area contributed by atoms with Crippen molar-refractivity contribution in [1.82, 2.24) is 5.32 Å². The number of hydrogen-bond donors (Lipinski definition) is 2. The number of hydrogen-bond acceptors (Lipinski definition) is 7. The summed E-state index contributed by atoms with van der Waals surface area (Å²) in [5.74, 6) is 0. The number of nitrogens with one attached hydrogen (secondary N) is 1. The van der Waals surface area contributed by atoms with Crippen molar-refractivity contribution in [3.63, 3.8) is 0 Å². The van der Waals surface area contributed by atoms with Gasteiger partial charge in [-0.15, -0.1) is 0 Å². The molecule has 0 aliphatic carbocycles. The Balaban J connectivity index is 3.18. The maximum atomic E-state index is 11.8. The lowest BCUT2D eigenvalue weighted by Gasteiger charge is -2.34. The lowest BCUT2D eigenvalue weighted by Crippen LogP contribution is -2.36. The minimum atomic E-state index is -4.83. The number of alkyl carbamates (subject to hydrolysis) is 1. The first kappa shape index (κ1) is 26.8. The quantitative estimate of drug-likeness (QED) is 0.214. The van der Waals surface area contributed by atoms with Gasteiger partial charge < -0.3 is 10.1 Å². The van der Waals surface area contributed by atoms with Gasteiger partial charge in [-0.25, -0.2) is 8.98 Å². The van der Waals surface area contributed by atoms with Crippen LogP contribution in [0.15, 0.2) is 18.2 Å². The van der Waals surface area contributed by atoms with E-state index in [0.29, 0.717) is 24.0 Å². The fourth-order valence-corrected chi connectivity index (χ4v) is 4.00. The van der Waals surface area contributed by atoms with Crippen molar-refractivity contribution < 1.29 is 31.6 Å². The highest BCUT2D eigenvalue weighted by atomic mass is 32.3. The van der Waals surface area contributed by atoms with E-state index in [-0.39, 0.29) is 25.1 Å². The van der Waals surface area contributed by atoms with Gasteiger partial charge in [0.15, 0.2) is 0 Å². The second kappa shape index (κ2) is 10.9. The predicted octanol–water partition coefficient (Wildman–Crippen LogP) is 4.41. The lowest BCUT2D eigenvalue weighted by atomic mass is 9.82. The van der Waals surface area contributed by atoms with Crippen LogP contribution in [0.3, 0.4) is 0 Å². The average molecular weight is 461 g/mol. The van der Waals surface area contributed by atoms with Crippen LogP contribution in [-0.4, -0.2) is 36.1 Å². The first-order valence-corrected chi connectivity index (χ1v) is 11.5. The molecule has 1 rings (SSSR count).